The molecule has 0 saturated heterocycles. The molecule has 25 heavy (non-hydrogen) atoms. The van der Waals surface area contributed by atoms with E-state index in [1.165, 1.54) is 0 Å². The molecule has 1 N–H and O–H groups in total. The van der Waals surface area contributed by atoms with Gasteiger partial charge in [-0.15, -0.1) is 0 Å². The summed E-state index contributed by atoms with van der Waals surface area (Å²) in [5.41, 5.74) is 2.53. The number of carbonyl (C=O) groups is 1. The van der Waals surface area contributed by atoms with Crippen molar-refractivity contribution in [1.82, 2.24) is 10.3 Å². The van der Waals surface area contributed by atoms with Gasteiger partial charge in [-0.1, -0.05) is 59.8 Å². The summed E-state index contributed by atoms with van der Waals surface area (Å²) < 4.78 is 5.11. The first-order chi connectivity index (χ1) is 12.2. The third-order valence-electron chi connectivity index (χ3n) is 3.46. The van der Waals surface area contributed by atoms with Gasteiger partial charge in [0.25, 0.3) is 0 Å². The zero-order valence-corrected chi connectivity index (χ0v) is 14.1. The van der Waals surface area contributed by atoms with E-state index in [1.54, 1.807) is 12.3 Å². The van der Waals surface area contributed by atoms with Crippen LogP contribution in [0.15, 0.2) is 60.8 Å². The summed E-state index contributed by atoms with van der Waals surface area (Å²) in [6, 6.07) is 16.9. The Morgan fingerprint density at radius 3 is 2.84 bits per heavy atom. The van der Waals surface area contributed by atoms with Gasteiger partial charge in [0, 0.05) is 17.1 Å². The van der Waals surface area contributed by atoms with Gasteiger partial charge in [-0.05, 0) is 23.8 Å². The van der Waals surface area contributed by atoms with Crippen LogP contribution in [0.4, 0.5) is 4.79 Å². The van der Waals surface area contributed by atoms with Crippen LogP contribution in [0.5, 0.6) is 0 Å². The standard InChI is InChI=1S/C20H15ClN2O2/c21-18-10-12-22-19-13-15(8-9-17(18)19)7-4-11-23-20(24)25-14-16-5-2-1-3-6-16/h1-3,5-6,8-10,12-13H,11,14H2,(H,23,24). The first-order valence-corrected chi connectivity index (χ1v) is 8.08. The number of carbonyl (C=O) groups excluding carboxylic acids is 1. The van der Waals surface area contributed by atoms with E-state index in [-0.39, 0.29) is 13.2 Å². The molecule has 0 aliphatic rings. The Kier molecular flexibility index (Phi) is 5.50. The van der Waals surface area contributed by atoms with E-state index >= 15 is 0 Å². The van der Waals surface area contributed by atoms with Crippen LogP contribution in [0.1, 0.15) is 11.1 Å². The SMILES string of the molecule is O=C(NCC#Cc1ccc2c(Cl)ccnc2c1)OCc1ccccc1. The molecule has 0 atom stereocenters. The van der Waals surface area contributed by atoms with Gasteiger partial charge in [0.2, 0.25) is 0 Å². The molecule has 0 bridgehead atoms. The molecule has 0 fully saturated rings. The third kappa shape index (κ3) is 4.72. The second-order valence-electron chi connectivity index (χ2n) is 5.24. The number of hydrogen-bond donors (Lipinski definition) is 1. The molecular formula is C20H15ClN2O2. The average molecular weight is 351 g/mol. The molecule has 0 spiro atoms. The Balaban J connectivity index is 1.51. The molecule has 1 amide bonds. The zero-order valence-electron chi connectivity index (χ0n) is 13.3. The van der Waals surface area contributed by atoms with Crippen LogP contribution in [-0.4, -0.2) is 17.6 Å². The lowest BCUT2D eigenvalue weighted by Crippen LogP contribution is -2.24. The van der Waals surface area contributed by atoms with Crippen LogP contribution in [0.3, 0.4) is 0 Å². The fourth-order valence-electron chi connectivity index (χ4n) is 2.23. The molecule has 4 nitrogen and oxygen atoms in total. The van der Waals surface area contributed by atoms with E-state index in [9.17, 15) is 4.79 Å². The summed E-state index contributed by atoms with van der Waals surface area (Å²) in [6.45, 7) is 0.436. The molecule has 0 saturated carbocycles. The van der Waals surface area contributed by atoms with Crippen LogP contribution in [0.25, 0.3) is 10.9 Å². The Morgan fingerprint density at radius 2 is 2.00 bits per heavy atom. The van der Waals surface area contributed by atoms with E-state index < -0.39 is 6.09 Å². The summed E-state index contributed by atoms with van der Waals surface area (Å²) in [5, 5.41) is 4.14. The number of alkyl carbamates (subject to hydrolysis) is 1. The van der Waals surface area contributed by atoms with Crippen molar-refractivity contribution in [2.75, 3.05) is 6.54 Å². The second kappa shape index (κ2) is 8.18. The summed E-state index contributed by atoms with van der Waals surface area (Å²) in [7, 11) is 0. The largest absolute Gasteiger partial charge is 0.445 e. The lowest BCUT2D eigenvalue weighted by atomic mass is 10.1. The van der Waals surface area contributed by atoms with E-state index in [2.05, 4.69) is 22.1 Å². The average Bonchev–Trinajstić information content (AvgIpc) is 2.64. The molecule has 2 aromatic carbocycles. The fraction of sp³-hybridized carbons (Fsp3) is 0.100. The van der Waals surface area contributed by atoms with Crippen molar-refractivity contribution in [2.24, 2.45) is 0 Å². The number of halogens is 1. The van der Waals surface area contributed by atoms with E-state index in [1.807, 2.05) is 48.5 Å². The molecule has 1 aromatic heterocycles. The first kappa shape index (κ1) is 16.8. The van der Waals surface area contributed by atoms with Gasteiger partial charge in [0.05, 0.1) is 17.1 Å². The lowest BCUT2D eigenvalue weighted by molar-refractivity contribution is 0.141. The third-order valence-corrected chi connectivity index (χ3v) is 3.79. The maximum atomic E-state index is 11.6. The van der Waals surface area contributed by atoms with E-state index in [4.69, 9.17) is 16.3 Å². The molecular weight excluding hydrogens is 336 g/mol. The van der Waals surface area contributed by atoms with E-state index in [0.29, 0.717) is 5.02 Å². The van der Waals surface area contributed by atoms with Gasteiger partial charge >= 0.3 is 6.09 Å². The number of nitrogens with one attached hydrogen (secondary N) is 1. The highest BCUT2D eigenvalue weighted by atomic mass is 35.5. The van der Waals surface area contributed by atoms with Gasteiger partial charge in [-0.25, -0.2) is 4.79 Å². The summed E-state index contributed by atoms with van der Waals surface area (Å²) in [5.74, 6) is 5.87. The number of hydrogen-bond acceptors (Lipinski definition) is 3. The Bertz CT molecular complexity index is 946. The van der Waals surface area contributed by atoms with Crippen molar-refractivity contribution < 1.29 is 9.53 Å². The van der Waals surface area contributed by atoms with Crippen molar-refractivity contribution in [3.05, 3.63) is 76.9 Å². The molecule has 0 aliphatic carbocycles. The van der Waals surface area contributed by atoms with E-state index in [0.717, 1.165) is 22.0 Å². The Hall–Kier alpha value is -3.03. The number of ether oxygens (including phenoxy) is 1. The number of pyridine rings is 1. The van der Waals surface area contributed by atoms with Gasteiger partial charge in [0.15, 0.2) is 0 Å². The Morgan fingerprint density at radius 1 is 1.16 bits per heavy atom. The van der Waals surface area contributed by atoms with Gasteiger partial charge in [-0.3, -0.25) is 4.98 Å². The highest BCUT2D eigenvalue weighted by Gasteiger charge is 2.01. The second-order valence-corrected chi connectivity index (χ2v) is 5.65. The van der Waals surface area contributed by atoms with Crippen molar-refractivity contribution in [3.63, 3.8) is 0 Å². The maximum Gasteiger partial charge on any atom is 0.408 e. The number of nitrogens with zero attached hydrogens (tertiary/aromatic N) is 1. The molecule has 1 heterocycles. The fourth-order valence-corrected chi connectivity index (χ4v) is 2.44. The number of rotatable bonds is 3. The number of aromatic nitrogens is 1. The van der Waals surface area contributed by atoms with Crippen molar-refractivity contribution in [2.45, 2.75) is 6.61 Å². The normalized spacial score (nSPS) is 9.96. The van der Waals surface area contributed by atoms with Gasteiger partial charge < -0.3 is 10.1 Å². The van der Waals surface area contributed by atoms with Gasteiger partial charge in [-0.2, -0.15) is 0 Å². The molecule has 3 rings (SSSR count). The first-order valence-electron chi connectivity index (χ1n) is 7.70. The van der Waals surface area contributed by atoms with Crippen molar-refractivity contribution >= 4 is 28.6 Å². The minimum atomic E-state index is -0.495. The molecule has 0 aliphatic heterocycles. The maximum absolute atomic E-state index is 11.6. The zero-order chi connectivity index (χ0) is 17.5. The Labute approximate surface area is 150 Å². The molecule has 124 valence electrons. The molecule has 0 unspecified atom stereocenters. The topological polar surface area (TPSA) is 51.2 Å². The number of benzene rings is 2. The number of fused-ring (bicyclic) bond motifs is 1. The molecule has 0 radical (unpaired) electrons. The quantitative estimate of drug-likeness (QED) is 0.721. The van der Waals surface area contributed by atoms with Crippen LogP contribution >= 0.6 is 11.6 Å². The molecule has 5 heteroatoms. The summed E-state index contributed by atoms with van der Waals surface area (Å²) in [6.07, 6.45) is 1.16. The predicted molar refractivity (Wildman–Crippen MR) is 98.3 cm³/mol. The van der Waals surface area contributed by atoms with Crippen LogP contribution < -0.4 is 5.32 Å². The van der Waals surface area contributed by atoms with Crippen LogP contribution in [0, 0.1) is 11.8 Å². The number of amides is 1. The lowest BCUT2D eigenvalue weighted by Gasteiger charge is -2.04. The van der Waals surface area contributed by atoms with Crippen molar-refractivity contribution in [1.29, 1.82) is 0 Å². The highest BCUT2D eigenvalue weighted by molar-refractivity contribution is 6.35. The smallest absolute Gasteiger partial charge is 0.408 e. The minimum absolute atomic E-state index is 0.203. The van der Waals surface area contributed by atoms with Crippen LogP contribution in [-0.2, 0) is 11.3 Å². The van der Waals surface area contributed by atoms with Crippen molar-refractivity contribution in [3.8, 4) is 11.8 Å². The van der Waals surface area contributed by atoms with Crippen LogP contribution in [0.2, 0.25) is 5.02 Å². The monoisotopic (exact) mass is 350 g/mol. The predicted octanol–water partition coefficient (Wildman–Crippen LogP) is 4.17. The summed E-state index contributed by atoms with van der Waals surface area (Å²) in [4.78, 5) is 15.9. The minimum Gasteiger partial charge on any atom is -0.445 e. The highest BCUT2D eigenvalue weighted by Crippen LogP contribution is 2.21. The summed E-state index contributed by atoms with van der Waals surface area (Å²) >= 11 is 6.11. The molecule has 3 aromatic rings. The van der Waals surface area contributed by atoms with Gasteiger partial charge in [0.1, 0.15) is 6.61 Å².